The number of benzene rings is 1. The molecule has 26 heavy (non-hydrogen) atoms. The normalized spacial score (nSPS) is 20.2. The first-order valence-corrected chi connectivity index (χ1v) is 9.87. The zero-order chi connectivity index (χ0) is 18.0. The van der Waals surface area contributed by atoms with E-state index in [4.69, 9.17) is 14.2 Å². The van der Waals surface area contributed by atoms with Crippen molar-refractivity contribution in [3.63, 3.8) is 0 Å². The van der Waals surface area contributed by atoms with Crippen molar-refractivity contribution in [3.05, 3.63) is 24.3 Å². The monoisotopic (exact) mass is 361 g/mol. The minimum absolute atomic E-state index is 0.0638. The van der Waals surface area contributed by atoms with Crippen LogP contribution in [-0.4, -0.2) is 51.0 Å². The Labute approximate surface area is 156 Å². The lowest BCUT2D eigenvalue weighted by atomic mass is 10.2. The first kappa shape index (κ1) is 18.8. The van der Waals surface area contributed by atoms with Crippen LogP contribution < -0.4 is 20.1 Å². The molecule has 144 valence electrons. The van der Waals surface area contributed by atoms with E-state index in [0.717, 1.165) is 43.6 Å². The molecule has 0 amide bonds. The van der Waals surface area contributed by atoms with Crippen molar-refractivity contribution in [2.24, 2.45) is 4.99 Å². The lowest BCUT2D eigenvalue weighted by Gasteiger charge is -2.25. The van der Waals surface area contributed by atoms with Crippen molar-refractivity contribution in [3.8, 4) is 11.5 Å². The van der Waals surface area contributed by atoms with Gasteiger partial charge in [-0.25, -0.2) is 4.99 Å². The molecule has 0 aromatic heterocycles. The molecular formula is C20H31N3O3. The quantitative estimate of drug-likeness (QED) is 0.423. The number of hydrogen-bond donors (Lipinski definition) is 2. The highest BCUT2D eigenvalue weighted by atomic mass is 16.6. The summed E-state index contributed by atoms with van der Waals surface area (Å²) in [5.41, 5.74) is 0. The Balaban J connectivity index is 1.38. The summed E-state index contributed by atoms with van der Waals surface area (Å²) >= 11 is 0. The summed E-state index contributed by atoms with van der Waals surface area (Å²) in [5.74, 6) is 2.41. The molecule has 0 bridgehead atoms. The molecule has 1 unspecified atom stereocenters. The zero-order valence-corrected chi connectivity index (χ0v) is 15.7. The molecule has 6 heteroatoms. The molecule has 1 aliphatic carbocycles. The number of nitrogens with zero attached hydrogens (tertiary/aromatic N) is 1. The second-order valence-corrected chi connectivity index (χ2v) is 6.77. The van der Waals surface area contributed by atoms with Crippen LogP contribution >= 0.6 is 0 Å². The van der Waals surface area contributed by atoms with E-state index in [0.29, 0.717) is 19.3 Å². The van der Waals surface area contributed by atoms with Gasteiger partial charge in [0.05, 0.1) is 12.6 Å². The Bertz CT molecular complexity index is 573. The molecule has 1 atom stereocenters. The van der Waals surface area contributed by atoms with E-state index in [1.165, 1.54) is 25.7 Å². The van der Waals surface area contributed by atoms with Gasteiger partial charge in [0, 0.05) is 19.7 Å². The third-order valence-corrected chi connectivity index (χ3v) is 4.63. The Hall–Kier alpha value is -1.95. The molecule has 3 rings (SSSR count). The number of nitrogens with one attached hydrogen (secondary N) is 2. The Morgan fingerprint density at radius 1 is 1.19 bits per heavy atom. The van der Waals surface area contributed by atoms with Crippen molar-refractivity contribution in [1.82, 2.24) is 10.6 Å². The van der Waals surface area contributed by atoms with E-state index < -0.39 is 0 Å². The van der Waals surface area contributed by atoms with Gasteiger partial charge in [-0.3, -0.25) is 0 Å². The van der Waals surface area contributed by atoms with Crippen molar-refractivity contribution >= 4 is 5.96 Å². The maximum atomic E-state index is 5.95. The van der Waals surface area contributed by atoms with E-state index in [9.17, 15) is 0 Å². The van der Waals surface area contributed by atoms with E-state index >= 15 is 0 Å². The fourth-order valence-electron chi connectivity index (χ4n) is 3.27. The van der Waals surface area contributed by atoms with Gasteiger partial charge in [0.15, 0.2) is 23.6 Å². The molecule has 1 saturated carbocycles. The predicted octanol–water partition coefficient (Wildman–Crippen LogP) is 2.73. The minimum Gasteiger partial charge on any atom is -0.486 e. The summed E-state index contributed by atoms with van der Waals surface area (Å²) in [6.07, 6.45) is 6.50. The lowest BCUT2D eigenvalue weighted by Crippen LogP contribution is -2.40. The van der Waals surface area contributed by atoms with Crippen LogP contribution in [0.4, 0.5) is 0 Å². The van der Waals surface area contributed by atoms with Gasteiger partial charge in [-0.15, -0.1) is 0 Å². The first-order chi connectivity index (χ1) is 12.8. The van der Waals surface area contributed by atoms with Gasteiger partial charge in [-0.2, -0.15) is 0 Å². The van der Waals surface area contributed by atoms with Crippen LogP contribution in [0.5, 0.6) is 11.5 Å². The molecule has 0 radical (unpaired) electrons. The molecule has 1 aromatic rings. The van der Waals surface area contributed by atoms with Crippen LogP contribution in [0, 0.1) is 0 Å². The van der Waals surface area contributed by atoms with Crippen LogP contribution in [-0.2, 0) is 4.74 Å². The highest BCUT2D eigenvalue weighted by molar-refractivity contribution is 5.79. The van der Waals surface area contributed by atoms with Crippen molar-refractivity contribution in [2.75, 3.05) is 32.8 Å². The molecule has 2 aliphatic rings. The van der Waals surface area contributed by atoms with Gasteiger partial charge in [0.25, 0.3) is 0 Å². The summed E-state index contributed by atoms with van der Waals surface area (Å²) in [6, 6.07) is 7.75. The smallest absolute Gasteiger partial charge is 0.191 e. The number of ether oxygens (including phenoxy) is 3. The molecule has 1 heterocycles. The van der Waals surface area contributed by atoms with Gasteiger partial charge < -0.3 is 24.8 Å². The lowest BCUT2D eigenvalue weighted by molar-refractivity contribution is 0.0574. The highest BCUT2D eigenvalue weighted by Crippen LogP contribution is 2.30. The topological polar surface area (TPSA) is 64.1 Å². The molecule has 1 aliphatic heterocycles. The van der Waals surface area contributed by atoms with E-state index in [1.54, 1.807) is 0 Å². The van der Waals surface area contributed by atoms with Crippen LogP contribution in [0.25, 0.3) is 0 Å². The Morgan fingerprint density at radius 2 is 2.00 bits per heavy atom. The van der Waals surface area contributed by atoms with Gasteiger partial charge in [0.2, 0.25) is 0 Å². The largest absolute Gasteiger partial charge is 0.486 e. The highest BCUT2D eigenvalue weighted by Gasteiger charge is 2.20. The number of fused-ring (bicyclic) bond motifs is 1. The number of para-hydroxylation sites is 2. The average molecular weight is 361 g/mol. The number of aliphatic imine (C=N–C) groups is 1. The third kappa shape index (κ3) is 5.80. The molecule has 0 saturated heterocycles. The van der Waals surface area contributed by atoms with Crippen LogP contribution in [0.2, 0.25) is 0 Å². The van der Waals surface area contributed by atoms with Gasteiger partial charge in [-0.05, 0) is 38.3 Å². The standard InChI is InChI=1S/C20H31N3O3/c1-2-21-20(22-12-7-13-24-16-8-3-4-9-16)23-14-17-15-25-18-10-5-6-11-19(18)26-17/h5-6,10-11,16-17H,2-4,7-9,12-15H2,1H3,(H2,21,22,23). The SMILES string of the molecule is CCNC(=NCC1COc2ccccc2O1)NCCCOC1CCCC1. The fourth-order valence-corrected chi connectivity index (χ4v) is 3.27. The maximum Gasteiger partial charge on any atom is 0.191 e. The summed E-state index contributed by atoms with van der Waals surface area (Å²) in [5, 5.41) is 6.64. The van der Waals surface area contributed by atoms with E-state index in [1.807, 2.05) is 24.3 Å². The molecule has 0 spiro atoms. The van der Waals surface area contributed by atoms with Gasteiger partial charge >= 0.3 is 0 Å². The Kier molecular flexibility index (Phi) is 7.43. The summed E-state index contributed by atoms with van der Waals surface area (Å²) in [7, 11) is 0. The molecule has 2 N–H and O–H groups in total. The molecule has 1 fully saturated rings. The Morgan fingerprint density at radius 3 is 2.81 bits per heavy atom. The van der Waals surface area contributed by atoms with Crippen molar-refractivity contribution in [1.29, 1.82) is 0 Å². The van der Waals surface area contributed by atoms with E-state index in [2.05, 4.69) is 22.5 Å². The molecule has 6 nitrogen and oxygen atoms in total. The first-order valence-electron chi connectivity index (χ1n) is 9.87. The van der Waals surface area contributed by atoms with Crippen LogP contribution in [0.15, 0.2) is 29.3 Å². The summed E-state index contributed by atoms with van der Waals surface area (Å²) in [4.78, 5) is 4.63. The van der Waals surface area contributed by atoms with Crippen molar-refractivity contribution < 1.29 is 14.2 Å². The van der Waals surface area contributed by atoms with Gasteiger partial charge in [0.1, 0.15) is 6.61 Å². The maximum absolute atomic E-state index is 5.95. The molecular weight excluding hydrogens is 330 g/mol. The minimum atomic E-state index is -0.0638. The number of guanidine groups is 1. The number of hydrogen-bond acceptors (Lipinski definition) is 4. The second-order valence-electron chi connectivity index (χ2n) is 6.77. The van der Waals surface area contributed by atoms with Gasteiger partial charge in [-0.1, -0.05) is 25.0 Å². The third-order valence-electron chi connectivity index (χ3n) is 4.63. The number of rotatable bonds is 8. The zero-order valence-electron chi connectivity index (χ0n) is 15.7. The molecule has 1 aromatic carbocycles. The van der Waals surface area contributed by atoms with E-state index in [-0.39, 0.29) is 6.10 Å². The average Bonchev–Trinajstić information content (AvgIpc) is 3.19. The second kappa shape index (κ2) is 10.3. The van der Waals surface area contributed by atoms with Crippen LogP contribution in [0.3, 0.4) is 0 Å². The fraction of sp³-hybridized carbons (Fsp3) is 0.650. The summed E-state index contributed by atoms with van der Waals surface area (Å²) in [6.45, 7) is 5.64. The summed E-state index contributed by atoms with van der Waals surface area (Å²) < 4.78 is 17.6. The van der Waals surface area contributed by atoms with Crippen molar-refractivity contribution in [2.45, 2.75) is 51.2 Å². The predicted molar refractivity (Wildman–Crippen MR) is 103 cm³/mol. The van der Waals surface area contributed by atoms with Crippen LogP contribution in [0.1, 0.15) is 39.0 Å².